The quantitative estimate of drug-likeness (QED) is 0.602. The Morgan fingerprint density at radius 3 is 1.35 bits per heavy atom. The molecule has 4 bridgehead atoms. The third-order valence-electron chi connectivity index (χ3n) is 9.39. The number of hydrogen-bond acceptors (Lipinski definition) is 1. The summed E-state index contributed by atoms with van der Waals surface area (Å²) >= 11 is 0. The fourth-order valence-electron chi connectivity index (χ4n) is 7.52. The summed E-state index contributed by atoms with van der Waals surface area (Å²) in [5.41, 5.74) is 3.11. The largest absolute Gasteiger partial charge is 0.300 e. The molecule has 6 saturated heterocycles. The van der Waals surface area contributed by atoms with Gasteiger partial charge in [-0.15, -0.1) is 0 Å². The van der Waals surface area contributed by atoms with Crippen LogP contribution in [0.4, 0.5) is 0 Å². The highest BCUT2D eigenvalue weighted by atomic mass is 16.5. The minimum Gasteiger partial charge on any atom is -0.300 e. The monoisotopic (exact) mass is 418 g/mol. The summed E-state index contributed by atoms with van der Waals surface area (Å²) in [6.45, 7) is 9.70. The minimum atomic E-state index is 0.729. The van der Waals surface area contributed by atoms with Crippen LogP contribution in [-0.4, -0.2) is 61.7 Å². The molecule has 2 aromatic carbocycles. The van der Waals surface area contributed by atoms with Crippen LogP contribution < -0.4 is 0 Å². The van der Waals surface area contributed by atoms with Crippen LogP contribution in [0.15, 0.2) is 60.7 Å². The number of ether oxygens (including phenoxy) is 1. The zero-order valence-electron chi connectivity index (χ0n) is 18.9. The summed E-state index contributed by atoms with van der Waals surface area (Å²) in [6.07, 6.45) is 5.50. The average Bonchev–Trinajstić information content (AvgIpc) is 2.86. The molecular weight excluding hydrogens is 380 g/mol. The first kappa shape index (κ1) is 20.0. The molecule has 31 heavy (non-hydrogen) atoms. The Morgan fingerprint density at radius 1 is 0.581 bits per heavy atom. The van der Waals surface area contributed by atoms with E-state index in [0.29, 0.717) is 0 Å². The van der Waals surface area contributed by atoms with Crippen LogP contribution in [0, 0.1) is 11.8 Å². The van der Waals surface area contributed by atoms with Gasteiger partial charge in [-0.25, -0.2) is 0 Å². The van der Waals surface area contributed by atoms with Crippen molar-refractivity contribution in [3.8, 4) is 0 Å². The number of nitrogens with zero attached hydrogens (tertiary/aromatic N) is 2. The number of benzene rings is 2. The Balaban J connectivity index is 1.11. The van der Waals surface area contributed by atoms with Crippen LogP contribution in [0.5, 0.6) is 0 Å². The van der Waals surface area contributed by atoms with Crippen molar-refractivity contribution in [1.29, 1.82) is 0 Å². The zero-order valence-corrected chi connectivity index (χ0v) is 18.9. The fourth-order valence-corrected chi connectivity index (χ4v) is 7.52. The third kappa shape index (κ3) is 3.75. The van der Waals surface area contributed by atoms with E-state index < -0.39 is 0 Å². The lowest BCUT2D eigenvalue weighted by molar-refractivity contribution is -0.992. The molecule has 3 nitrogen and oxygen atoms in total. The molecule has 2 aromatic rings. The number of piperidine rings is 6. The van der Waals surface area contributed by atoms with Gasteiger partial charge in [-0.05, 0) is 23.0 Å². The van der Waals surface area contributed by atoms with E-state index in [4.69, 9.17) is 4.74 Å². The molecule has 0 aromatic heterocycles. The molecule has 8 rings (SSSR count). The summed E-state index contributed by atoms with van der Waals surface area (Å²) in [4.78, 5) is 0. The highest BCUT2D eigenvalue weighted by Crippen LogP contribution is 2.45. The van der Waals surface area contributed by atoms with Crippen molar-refractivity contribution in [2.24, 2.45) is 11.8 Å². The molecule has 2 unspecified atom stereocenters. The third-order valence-corrected chi connectivity index (χ3v) is 9.39. The molecule has 0 aliphatic carbocycles. The minimum absolute atomic E-state index is 0.729. The number of hydrogen-bond donors (Lipinski definition) is 0. The maximum atomic E-state index is 6.66. The summed E-state index contributed by atoms with van der Waals surface area (Å²) in [6, 6.07) is 22.6. The van der Waals surface area contributed by atoms with Crippen LogP contribution in [-0.2, 0) is 4.74 Å². The van der Waals surface area contributed by atoms with Crippen molar-refractivity contribution in [2.75, 3.05) is 52.7 Å². The second kappa shape index (κ2) is 8.03. The average molecular weight is 419 g/mol. The van der Waals surface area contributed by atoms with Crippen molar-refractivity contribution in [2.45, 2.75) is 37.5 Å². The standard InChI is InChI=1S/C28H38N2O/c1-3-7-23(8-4-1)27-19-29(15-11-25(27)12-16-29)21-31-22-30-17-13-26(14-18-30)28(20-30)24-9-5-2-6-10-24/h1-10,25-28H,11-22H2/q+2. The number of rotatable bonds is 6. The van der Waals surface area contributed by atoms with Crippen molar-refractivity contribution >= 4 is 0 Å². The smallest absolute Gasteiger partial charge is 0.188 e. The van der Waals surface area contributed by atoms with Crippen molar-refractivity contribution in [3.05, 3.63) is 71.8 Å². The molecular formula is C28H38N2O+2. The van der Waals surface area contributed by atoms with Gasteiger partial charge >= 0.3 is 0 Å². The highest BCUT2D eigenvalue weighted by Gasteiger charge is 2.49. The predicted octanol–water partition coefficient (Wildman–Crippen LogP) is 4.97. The lowest BCUT2D eigenvalue weighted by Crippen LogP contribution is -2.64. The molecule has 0 radical (unpaired) electrons. The molecule has 3 heteroatoms. The Kier molecular flexibility index (Phi) is 5.17. The van der Waals surface area contributed by atoms with Crippen molar-refractivity contribution in [3.63, 3.8) is 0 Å². The van der Waals surface area contributed by atoms with Gasteiger partial charge in [-0.2, -0.15) is 0 Å². The van der Waals surface area contributed by atoms with E-state index >= 15 is 0 Å². The molecule has 6 aliphatic heterocycles. The Bertz CT molecular complexity index is 793. The van der Waals surface area contributed by atoms with Gasteiger partial charge in [-0.1, -0.05) is 60.7 Å². The highest BCUT2D eigenvalue weighted by molar-refractivity contribution is 5.22. The van der Waals surface area contributed by atoms with Crippen LogP contribution in [0.25, 0.3) is 0 Å². The van der Waals surface area contributed by atoms with Crippen LogP contribution in [0.2, 0.25) is 0 Å². The molecule has 6 heterocycles. The summed E-state index contributed by atoms with van der Waals surface area (Å²) < 4.78 is 9.05. The van der Waals surface area contributed by atoms with Gasteiger partial charge in [0, 0.05) is 37.5 Å². The molecule has 0 N–H and O–H groups in total. The SMILES string of the molecule is c1ccc(C2C[N+]3(COC[N+]45CCC(CC4)C(c4ccccc4)C5)CCC2CC3)cc1. The first-order chi connectivity index (χ1) is 15.2. The lowest BCUT2D eigenvalue weighted by atomic mass is 9.74. The fraction of sp³-hybridized carbons (Fsp3) is 0.571. The van der Waals surface area contributed by atoms with E-state index in [1.165, 1.54) is 73.9 Å². The molecule has 6 fully saturated rings. The zero-order chi connectivity index (χ0) is 20.7. The number of fused-ring (bicyclic) bond motifs is 6. The molecule has 6 aliphatic rings. The van der Waals surface area contributed by atoms with E-state index in [-0.39, 0.29) is 0 Å². The van der Waals surface area contributed by atoms with E-state index in [9.17, 15) is 0 Å². The van der Waals surface area contributed by atoms with Gasteiger partial charge in [0.1, 0.15) is 0 Å². The second-order valence-electron chi connectivity index (χ2n) is 11.1. The molecule has 0 spiro atoms. The van der Waals surface area contributed by atoms with Crippen LogP contribution in [0.1, 0.15) is 48.6 Å². The first-order valence-corrected chi connectivity index (χ1v) is 12.6. The van der Waals surface area contributed by atoms with Gasteiger partial charge in [0.15, 0.2) is 13.5 Å². The second-order valence-corrected chi connectivity index (χ2v) is 11.1. The Hall–Kier alpha value is -1.68. The summed E-state index contributed by atoms with van der Waals surface area (Å²) in [5.74, 6) is 3.23. The lowest BCUT2D eigenvalue weighted by Gasteiger charge is -2.54. The Labute approximate surface area is 187 Å². The number of quaternary nitrogens is 2. The molecule has 164 valence electrons. The van der Waals surface area contributed by atoms with E-state index in [2.05, 4.69) is 60.7 Å². The van der Waals surface area contributed by atoms with Crippen molar-refractivity contribution < 1.29 is 13.7 Å². The maximum Gasteiger partial charge on any atom is 0.188 e. The summed E-state index contributed by atoms with van der Waals surface area (Å²) in [5, 5.41) is 0. The van der Waals surface area contributed by atoms with Crippen LogP contribution >= 0.6 is 0 Å². The van der Waals surface area contributed by atoms with Gasteiger partial charge < -0.3 is 8.97 Å². The predicted molar refractivity (Wildman–Crippen MR) is 124 cm³/mol. The maximum absolute atomic E-state index is 6.66. The molecule has 2 atom stereocenters. The normalized spacial score (nSPS) is 39.0. The first-order valence-electron chi connectivity index (χ1n) is 12.6. The summed E-state index contributed by atoms with van der Waals surface area (Å²) in [7, 11) is 0. The van der Waals surface area contributed by atoms with Crippen molar-refractivity contribution in [1.82, 2.24) is 0 Å². The van der Waals surface area contributed by atoms with Gasteiger partial charge in [0.25, 0.3) is 0 Å². The topological polar surface area (TPSA) is 9.23 Å². The molecule has 0 saturated carbocycles. The van der Waals surface area contributed by atoms with E-state index in [1.54, 1.807) is 11.1 Å². The van der Waals surface area contributed by atoms with Gasteiger partial charge in [-0.3, -0.25) is 4.74 Å². The van der Waals surface area contributed by atoms with Gasteiger partial charge in [0.05, 0.1) is 39.3 Å². The van der Waals surface area contributed by atoms with E-state index in [0.717, 1.165) is 37.1 Å². The van der Waals surface area contributed by atoms with Crippen LogP contribution in [0.3, 0.4) is 0 Å². The molecule has 0 amide bonds. The van der Waals surface area contributed by atoms with Gasteiger partial charge in [0.2, 0.25) is 0 Å². The van der Waals surface area contributed by atoms with E-state index in [1.807, 2.05) is 0 Å². The Morgan fingerprint density at radius 2 is 0.968 bits per heavy atom.